The Morgan fingerprint density at radius 1 is 1.07 bits per heavy atom. The molecule has 0 bridgehead atoms. The molecule has 0 saturated carbocycles. The largest absolute Gasteiger partial charge is 0.375 e. The summed E-state index contributed by atoms with van der Waals surface area (Å²) < 4.78 is 6.72. The first-order valence-electron chi connectivity index (χ1n) is 9.70. The molecule has 0 atom stereocenters. The number of benzene rings is 2. The van der Waals surface area contributed by atoms with Gasteiger partial charge in [-0.1, -0.05) is 37.3 Å². The molecule has 0 aliphatic rings. The summed E-state index contributed by atoms with van der Waals surface area (Å²) in [5, 5.41) is 5.80. The summed E-state index contributed by atoms with van der Waals surface area (Å²) >= 11 is 0. The van der Waals surface area contributed by atoms with Crippen molar-refractivity contribution in [3.8, 4) is 0 Å². The quantitative estimate of drug-likeness (QED) is 0.584. The van der Waals surface area contributed by atoms with E-state index in [1.807, 2.05) is 53.1 Å². The topological polar surface area (TPSA) is 85.2 Å². The van der Waals surface area contributed by atoms with Gasteiger partial charge in [0.15, 0.2) is 0 Å². The highest BCUT2D eigenvalue weighted by Gasteiger charge is 2.14. The lowest BCUT2D eigenvalue weighted by Gasteiger charge is -2.12. The van der Waals surface area contributed by atoms with Crippen molar-refractivity contribution in [3.63, 3.8) is 0 Å². The number of methoxy groups -OCH3 is 1. The van der Waals surface area contributed by atoms with E-state index in [4.69, 9.17) is 4.74 Å². The highest BCUT2D eigenvalue weighted by molar-refractivity contribution is 5.92. The lowest BCUT2D eigenvalue weighted by Crippen LogP contribution is -2.30. The van der Waals surface area contributed by atoms with Gasteiger partial charge in [-0.25, -0.2) is 4.98 Å². The van der Waals surface area contributed by atoms with Crippen LogP contribution in [0.25, 0.3) is 11.0 Å². The number of aryl methyl sites for hydroxylation is 1. The lowest BCUT2D eigenvalue weighted by molar-refractivity contribution is -0.124. The number of hydrogen-bond donors (Lipinski definition) is 2. The maximum atomic E-state index is 12.8. The Balaban J connectivity index is 1.76. The zero-order chi connectivity index (χ0) is 20.6. The fourth-order valence-electron chi connectivity index (χ4n) is 3.27. The molecule has 0 saturated heterocycles. The monoisotopic (exact) mass is 394 g/mol. The molecule has 0 aliphatic heterocycles. The summed E-state index contributed by atoms with van der Waals surface area (Å²) in [7, 11) is 1.48. The normalized spacial score (nSPS) is 10.8. The van der Waals surface area contributed by atoms with Gasteiger partial charge in [-0.05, 0) is 30.2 Å². The maximum Gasteiger partial charge on any atom is 0.245 e. The van der Waals surface area contributed by atoms with Crippen LogP contribution in [-0.4, -0.2) is 41.6 Å². The van der Waals surface area contributed by atoms with Crippen molar-refractivity contribution in [2.75, 3.05) is 25.6 Å². The SMILES string of the molecule is CCc1ccccc1NC(=O)Cn1c(CCNC(=O)COC)nc2ccccc21. The molecule has 1 heterocycles. The fraction of sp³-hybridized carbons (Fsp3) is 0.318. The Labute approximate surface area is 170 Å². The molecule has 2 amide bonds. The van der Waals surface area contributed by atoms with Crippen LogP contribution < -0.4 is 10.6 Å². The number of rotatable bonds is 9. The average Bonchev–Trinajstić information content (AvgIpc) is 3.06. The lowest BCUT2D eigenvalue weighted by atomic mass is 10.1. The standard InChI is InChI=1S/C22H26N4O3/c1-3-16-8-4-5-9-17(16)25-21(27)14-26-19-11-7-6-10-18(19)24-20(26)12-13-23-22(28)15-29-2/h4-11H,3,12-15H2,1-2H3,(H,23,28)(H,25,27). The van der Waals surface area contributed by atoms with Crippen LogP contribution in [-0.2, 0) is 33.7 Å². The molecule has 0 aliphatic carbocycles. The van der Waals surface area contributed by atoms with Crippen molar-refractivity contribution in [2.24, 2.45) is 0 Å². The van der Waals surface area contributed by atoms with E-state index < -0.39 is 0 Å². The molecule has 7 nitrogen and oxygen atoms in total. The van der Waals surface area contributed by atoms with E-state index in [0.29, 0.717) is 13.0 Å². The van der Waals surface area contributed by atoms with Crippen molar-refractivity contribution < 1.29 is 14.3 Å². The third-order valence-electron chi connectivity index (χ3n) is 4.65. The number of nitrogens with one attached hydrogen (secondary N) is 2. The van der Waals surface area contributed by atoms with Crippen LogP contribution in [0.1, 0.15) is 18.3 Å². The number of imidazole rings is 1. The van der Waals surface area contributed by atoms with Gasteiger partial charge in [-0.3, -0.25) is 9.59 Å². The molecule has 7 heteroatoms. The molecule has 29 heavy (non-hydrogen) atoms. The number of carbonyl (C=O) groups is 2. The second-order valence-electron chi connectivity index (χ2n) is 6.69. The predicted molar refractivity (Wildman–Crippen MR) is 113 cm³/mol. The maximum absolute atomic E-state index is 12.8. The Hall–Kier alpha value is -3.19. The number of amides is 2. The molecule has 1 aromatic heterocycles. The minimum Gasteiger partial charge on any atom is -0.375 e. The van der Waals surface area contributed by atoms with E-state index in [0.717, 1.165) is 34.5 Å². The van der Waals surface area contributed by atoms with Crippen LogP contribution in [0.2, 0.25) is 0 Å². The van der Waals surface area contributed by atoms with Crippen LogP contribution in [0.15, 0.2) is 48.5 Å². The molecule has 3 aromatic rings. The second-order valence-corrected chi connectivity index (χ2v) is 6.69. The van der Waals surface area contributed by atoms with Gasteiger partial charge >= 0.3 is 0 Å². The summed E-state index contributed by atoms with van der Waals surface area (Å²) in [5.41, 5.74) is 3.65. The van der Waals surface area contributed by atoms with Crippen LogP contribution in [0.4, 0.5) is 5.69 Å². The van der Waals surface area contributed by atoms with Crippen molar-refractivity contribution in [1.82, 2.24) is 14.9 Å². The summed E-state index contributed by atoms with van der Waals surface area (Å²) in [4.78, 5) is 29.0. The fourth-order valence-corrected chi connectivity index (χ4v) is 3.27. The molecule has 2 N–H and O–H groups in total. The first-order chi connectivity index (χ1) is 14.1. The van der Waals surface area contributed by atoms with Crippen LogP contribution >= 0.6 is 0 Å². The molecule has 0 fully saturated rings. The molecule has 0 radical (unpaired) electrons. The van der Waals surface area contributed by atoms with Gasteiger partial charge in [0.2, 0.25) is 11.8 Å². The van der Waals surface area contributed by atoms with Gasteiger partial charge in [0.05, 0.1) is 11.0 Å². The predicted octanol–water partition coefficient (Wildman–Crippen LogP) is 2.54. The number of ether oxygens (including phenoxy) is 1. The van der Waals surface area contributed by atoms with Crippen molar-refractivity contribution in [2.45, 2.75) is 26.3 Å². The number of carbonyl (C=O) groups excluding carboxylic acids is 2. The highest BCUT2D eigenvalue weighted by atomic mass is 16.5. The third-order valence-corrected chi connectivity index (χ3v) is 4.65. The van der Waals surface area contributed by atoms with Crippen LogP contribution in [0.3, 0.4) is 0 Å². The molecule has 0 spiro atoms. The minimum atomic E-state index is -0.177. The zero-order valence-corrected chi connectivity index (χ0v) is 16.8. The molecule has 152 valence electrons. The van der Waals surface area contributed by atoms with E-state index in [2.05, 4.69) is 22.5 Å². The molecular weight excluding hydrogens is 368 g/mol. The first kappa shape index (κ1) is 20.5. The van der Waals surface area contributed by atoms with Gasteiger partial charge in [0.25, 0.3) is 0 Å². The Morgan fingerprint density at radius 2 is 1.83 bits per heavy atom. The van der Waals surface area contributed by atoms with Crippen LogP contribution in [0, 0.1) is 0 Å². The van der Waals surface area contributed by atoms with E-state index in [1.54, 1.807) is 0 Å². The van der Waals surface area contributed by atoms with E-state index in [-0.39, 0.29) is 25.0 Å². The number of nitrogens with zero attached hydrogens (tertiary/aromatic N) is 2. The number of para-hydroxylation sites is 3. The smallest absolute Gasteiger partial charge is 0.245 e. The average molecular weight is 394 g/mol. The number of hydrogen-bond acceptors (Lipinski definition) is 4. The minimum absolute atomic E-state index is 0.0235. The number of aromatic nitrogens is 2. The van der Waals surface area contributed by atoms with Gasteiger partial charge in [-0.2, -0.15) is 0 Å². The van der Waals surface area contributed by atoms with Crippen molar-refractivity contribution in [1.29, 1.82) is 0 Å². The van der Waals surface area contributed by atoms with E-state index in [1.165, 1.54) is 7.11 Å². The molecule has 3 rings (SSSR count). The third kappa shape index (κ3) is 5.20. The summed E-state index contributed by atoms with van der Waals surface area (Å²) in [6.07, 6.45) is 1.36. The van der Waals surface area contributed by atoms with Gasteiger partial charge in [-0.15, -0.1) is 0 Å². The summed E-state index contributed by atoms with van der Waals surface area (Å²) in [6, 6.07) is 15.5. The van der Waals surface area contributed by atoms with Crippen molar-refractivity contribution >= 4 is 28.5 Å². The molecule has 0 unspecified atom stereocenters. The Kier molecular flexibility index (Phi) is 6.97. The van der Waals surface area contributed by atoms with Gasteiger partial charge in [0, 0.05) is 25.8 Å². The van der Waals surface area contributed by atoms with Gasteiger partial charge in [0.1, 0.15) is 19.0 Å². The van der Waals surface area contributed by atoms with Crippen molar-refractivity contribution in [3.05, 3.63) is 59.9 Å². The number of anilines is 1. The highest BCUT2D eigenvalue weighted by Crippen LogP contribution is 2.18. The summed E-state index contributed by atoms with van der Waals surface area (Å²) in [6.45, 7) is 2.66. The number of fused-ring (bicyclic) bond motifs is 1. The van der Waals surface area contributed by atoms with E-state index >= 15 is 0 Å². The van der Waals surface area contributed by atoms with Crippen LogP contribution in [0.5, 0.6) is 0 Å². The van der Waals surface area contributed by atoms with E-state index in [9.17, 15) is 9.59 Å². The first-order valence-corrected chi connectivity index (χ1v) is 9.70. The Bertz CT molecular complexity index is 997. The zero-order valence-electron chi connectivity index (χ0n) is 16.8. The van der Waals surface area contributed by atoms with Gasteiger partial charge < -0.3 is 19.9 Å². The Morgan fingerprint density at radius 3 is 2.62 bits per heavy atom. The molecular formula is C22H26N4O3. The second kappa shape index (κ2) is 9.84. The molecule has 2 aromatic carbocycles. The summed E-state index contributed by atoms with van der Waals surface area (Å²) in [5.74, 6) is 0.464.